The van der Waals surface area contributed by atoms with E-state index in [1.165, 1.54) is 5.56 Å². The van der Waals surface area contributed by atoms with E-state index in [4.69, 9.17) is 10.5 Å². The van der Waals surface area contributed by atoms with Crippen LogP contribution in [0.3, 0.4) is 0 Å². The third-order valence-electron chi connectivity index (χ3n) is 3.84. The second-order valence-electron chi connectivity index (χ2n) is 5.56. The molecule has 4 nitrogen and oxygen atoms in total. The topological polar surface area (TPSA) is 64.0 Å². The Labute approximate surface area is 134 Å². The number of nitrogens with zero attached hydrogens (tertiary/aromatic N) is 2. The first kappa shape index (κ1) is 15.0. The molecule has 1 aliphatic heterocycles. The molecule has 2 aromatic rings. The highest BCUT2D eigenvalue weighted by molar-refractivity contribution is 7.99. The van der Waals surface area contributed by atoms with Crippen molar-refractivity contribution in [2.45, 2.75) is 42.3 Å². The van der Waals surface area contributed by atoms with E-state index in [1.54, 1.807) is 17.8 Å². The van der Waals surface area contributed by atoms with E-state index in [0.717, 1.165) is 29.4 Å². The molecule has 1 aliphatic rings. The molecule has 2 heterocycles. The molecule has 0 spiro atoms. The number of ether oxygens (including phenoxy) is 1. The Morgan fingerprint density at radius 1 is 1.41 bits per heavy atom. The van der Waals surface area contributed by atoms with E-state index in [0.29, 0.717) is 17.9 Å². The number of benzene rings is 1. The quantitative estimate of drug-likeness (QED) is 0.937. The molecule has 0 saturated carbocycles. The molecule has 114 valence electrons. The van der Waals surface area contributed by atoms with Crippen molar-refractivity contribution in [3.63, 3.8) is 0 Å². The van der Waals surface area contributed by atoms with Crippen LogP contribution < -0.4 is 5.73 Å². The smallest absolute Gasteiger partial charge is 0.123 e. The molecule has 0 amide bonds. The van der Waals surface area contributed by atoms with Crippen molar-refractivity contribution in [1.82, 2.24) is 4.57 Å². The van der Waals surface area contributed by atoms with Gasteiger partial charge in [-0.2, -0.15) is 5.26 Å². The predicted octanol–water partition coefficient (Wildman–Crippen LogP) is 3.58. The summed E-state index contributed by atoms with van der Waals surface area (Å²) in [5.41, 5.74) is 8.62. The van der Waals surface area contributed by atoms with Gasteiger partial charge in [0.1, 0.15) is 16.8 Å². The second-order valence-corrected chi connectivity index (χ2v) is 6.62. The number of nitrogens with two attached hydrogens (primary N) is 1. The molecular weight excluding hydrogens is 294 g/mol. The highest BCUT2D eigenvalue weighted by atomic mass is 32.2. The van der Waals surface area contributed by atoms with E-state index < -0.39 is 0 Å². The van der Waals surface area contributed by atoms with Gasteiger partial charge < -0.3 is 15.0 Å². The van der Waals surface area contributed by atoms with Gasteiger partial charge in [0.05, 0.1) is 18.3 Å². The van der Waals surface area contributed by atoms with Crippen LogP contribution in [0.5, 0.6) is 0 Å². The third-order valence-corrected chi connectivity index (χ3v) is 4.99. The number of hydrogen-bond acceptors (Lipinski definition) is 4. The summed E-state index contributed by atoms with van der Waals surface area (Å²) in [7, 11) is 0. The molecule has 0 radical (unpaired) electrons. The Morgan fingerprint density at radius 2 is 2.18 bits per heavy atom. The average molecular weight is 313 g/mol. The van der Waals surface area contributed by atoms with Crippen molar-refractivity contribution < 1.29 is 4.74 Å². The molecule has 3 rings (SSSR count). The van der Waals surface area contributed by atoms with Crippen LogP contribution in [0.25, 0.3) is 0 Å². The molecule has 0 bridgehead atoms. The third kappa shape index (κ3) is 3.13. The van der Waals surface area contributed by atoms with Crippen LogP contribution in [-0.4, -0.2) is 17.3 Å². The SMILES string of the molecule is Cc1ccc(Sc2c(N)cc(C#N)n2C[C@H]2CCCO2)cc1. The Morgan fingerprint density at radius 3 is 2.82 bits per heavy atom. The van der Waals surface area contributed by atoms with Gasteiger partial charge in [0.2, 0.25) is 0 Å². The Balaban J connectivity index is 1.90. The molecule has 0 aliphatic carbocycles. The van der Waals surface area contributed by atoms with E-state index in [9.17, 15) is 5.26 Å². The van der Waals surface area contributed by atoms with Gasteiger partial charge in [-0.05, 0) is 38.0 Å². The molecule has 2 N–H and O–H groups in total. The minimum Gasteiger partial charge on any atom is -0.397 e. The number of aryl methyl sites for hydroxylation is 1. The highest BCUT2D eigenvalue weighted by Gasteiger charge is 2.21. The Kier molecular flexibility index (Phi) is 4.41. The number of nitrogen functional groups attached to an aromatic ring is 1. The van der Waals surface area contributed by atoms with Gasteiger partial charge in [0, 0.05) is 11.5 Å². The zero-order chi connectivity index (χ0) is 15.5. The first-order valence-electron chi connectivity index (χ1n) is 7.42. The zero-order valence-electron chi connectivity index (χ0n) is 12.6. The Bertz CT molecular complexity index is 694. The van der Waals surface area contributed by atoms with Crippen molar-refractivity contribution in [1.29, 1.82) is 5.26 Å². The van der Waals surface area contributed by atoms with Gasteiger partial charge in [-0.1, -0.05) is 29.5 Å². The van der Waals surface area contributed by atoms with E-state index in [2.05, 4.69) is 37.3 Å². The molecule has 22 heavy (non-hydrogen) atoms. The van der Waals surface area contributed by atoms with E-state index >= 15 is 0 Å². The van der Waals surface area contributed by atoms with Crippen molar-refractivity contribution in [3.05, 3.63) is 41.6 Å². The summed E-state index contributed by atoms with van der Waals surface area (Å²) in [5, 5.41) is 10.3. The lowest BCUT2D eigenvalue weighted by Gasteiger charge is -2.15. The lowest BCUT2D eigenvalue weighted by Crippen LogP contribution is -2.16. The molecule has 1 saturated heterocycles. The molecule has 5 heteroatoms. The van der Waals surface area contributed by atoms with Gasteiger partial charge in [0.15, 0.2) is 0 Å². The summed E-state index contributed by atoms with van der Waals surface area (Å²) in [4.78, 5) is 1.12. The van der Waals surface area contributed by atoms with Crippen LogP contribution in [0.2, 0.25) is 0 Å². The van der Waals surface area contributed by atoms with Gasteiger partial charge in [-0.3, -0.25) is 0 Å². The van der Waals surface area contributed by atoms with Gasteiger partial charge >= 0.3 is 0 Å². The maximum Gasteiger partial charge on any atom is 0.123 e. The number of rotatable bonds is 4. The maximum absolute atomic E-state index is 9.36. The summed E-state index contributed by atoms with van der Waals surface area (Å²) in [6, 6.07) is 12.3. The average Bonchev–Trinajstić information content (AvgIpc) is 3.12. The predicted molar refractivity (Wildman–Crippen MR) is 87.8 cm³/mol. The number of nitriles is 1. The summed E-state index contributed by atoms with van der Waals surface area (Å²) in [6.07, 6.45) is 2.30. The molecule has 0 unspecified atom stereocenters. The fourth-order valence-corrected chi connectivity index (χ4v) is 3.61. The first-order chi connectivity index (χ1) is 10.7. The standard InChI is InChI=1S/C17H19N3OS/c1-12-4-6-15(7-5-12)22-17-16(19)9-13(10-18)20(17)11-14-3-2-8-21-14/h4-7,9,14H,2-3,8,11,19H2,1H3/t14-/m1/s1. The first-order valence-corrected chi connectivity index (χ1v) is 8.24. The Hall–Kier alpha value is -1.90. The zero-order valence-corrected chi connectivity index (χ0v) is 13.4. The summed E-state index contributed by atoms with van der Waals surface area (Å²) >= 11 is 1.60. The van der Waals surface area contributed by atoms with Crippen molar-refractivity contribution >= 4 is 17.4 Å². The number of anilines is 1. The highest BCUT2D eigenvalue weighted by Crippen LogP contribution is 2.35. The molecule has 1 fully saturated rings. The monoisotopic (exact) mass is 313 g/mol. The maximum atomic E-state index is 9.36. The van der Waals surface area contributed by atoms with Gasteiger partial charge in [0.25, 0.3) is 0 Å². The molecule has 1 aromatic carbocycles. The van der Waals surface area contributed by atoms with Crippen LogP contribution in [-0.2, 0) is 11.3 Å². The van der Waals surface area contributed by atoms with Crippen molar-refractivity contribution in [2.75, 3.05) is 12.3 Å². The van der Waals surface area contributed by atoms with E-state index in [1.807, 2.05) is 4.57 Å². The fraction of sp³-hybridized carbons (Fsp3) is 0.353. The minimum atomic E-state index is 0.177. The minimum absolute atomic E-state index is 0.177. The van der Waals surface area contributed by atoms with Crippen molar-refractivity contribution in [2.24, 2.45) is 0 Å². The van der Waals surface area contributed by atoms with Gasteiger partial charge in [-0.15, -0.1) is 0 Å². The van der Waals surface area contributed by atoms with Crippen LogP contribution >= 0.6 is 11.8 Å². The lowest BCUT2D eigenvalue weighted by atomic mass is 10.2. The molecule has 1 atom stereocenters. The lowest BCUT2D eigenvalue weighted by molar-refractivity contribution is 0.0951. The summed E-state index contributed by atoms with van der Waals surface area (Å²) in [6.45, 7) is 3.56. The van der Waals surface area contributed by atoms with Crippen molar-refractivity contribution in [3.8, 4) is 6.07 Å². The second kappa shape index (κ2) is 6.47. The van der Waals surface area contributed by atoms with Crippen LogP contribution in [0.4, 0.5) is 5.69 Å². The van der Waals surface area contributed by atoms with Crippen LogP contribution in [0, 0.1) is 18.3 Å². The van der Waals surface area contributed by atoms with E-state index in [-0.39, 0.29) is 6.10 Å². The number of hydrogen-bond donors (Lipinski definition) is 1. The summed E-state index contributed by atoms with van der Waals surface area (Å²) in [5.74, 6) is 0. The largest absolute Gasteiger partial charge is 0.397 e. The van der Waals surface area contributed by atoms with Gasteiger partial charge in [-0.25, -0.2) is 0 Å². The van der Waals surface area contributed by atoms with Crippen LogP contribution in [0.15, 0.2) is 40.3 Å². The van der Waals surface area contributed by atoms with Crippen LogP contribution in [0.1, 0.15) is 24.1 Å². The molecule has 1 aromatic heterocycles. The number of aromatic nitrogens is 1. The summed E-state index contributed by atoms with van der Waals surface area (Å²) < 4.78 is 7.70. The molecular formula is C17H19N3OS. The fourth-order valence-electron chi connectivity index (χ4n) is 2.65. The normalized spacial score (nSPS) is 17.5.